The van der Waals surface area contributed by atoms with E-state index >= 15 is 0 Å². The van der Waals surface area contributed by atoms with E-state index in [1.807, 2.05) is 0 Å². The van der Waals surface area contributed by atoms with Crippen molar-refractivity contribution in [3.05, 3.63) is 29.3 Å². The summed E-state index contributed by atoms with van der Waals surface area (Å²) in [5.74, 6) is 0. The Morgan fingerprint density at radius 2 is 1.75 bits per heavy atom. The Morgan fingerprint density at radius 3 is 2.42 bits per heavy atom. The van der Waals surface area contributed by atoms with E-state index < -0.39 is 0 Å². The van der Waals surface area contributed by atoms with Gasteiger partial charge in [0.1, 0.15) is 0 Å². The first-order chi connectivity index (χ1) is 11.6. The molecule has 3 fully saturated rings. The zero-order chi connectivity index (χ0) is 16.7. The zero-order valence-electron chi connectivity index (χ0n) is 14.8. The molecule has 3 atom stereocenters. The average Bonchev–Trinajstić information content (AvgIpc) is 3.34. The van der Waals surface area contributed by atoms with Gasteiger partial charge in [0, 0.05) is 29.9 Å². The van der Waals surface area contributed by atoms with Crippen LogP contribution >= 0.6 is 12.2 Å². The molecule has 24 heavy (non-hydrogen) atoms. The van der Waals surface area contributed by atoms with Gasteiger partial charge in [-0.05, 0) is 81.8 Å². The SMILES string of the molecule is Cc1ccc(C)c(NC(=S)NC2C[C@H]3CCC[C@@H](C2)N3C2CC2)c1. The minimum Gasteiger partial charge on any atom is -0.360 e. The molecule has 1 unspecified atom stereocenters. The normalized spacial score (nSPS) is 30.0. The minimum atomic E-state index is 0.528. The monoisotopic (exact) mass is 343 g/mol. The number of anilines is 1. The minimum absolute atomic E-state index is 0.528. The summed E-state index contributed by atoms with van der Waals surface area (Å²) in [6.07, 6.45) is 9.53. The molecule has 130 valence electrons. The lowest BCUT2D eigenvalue weighted by Crippen LogP contribution is -2.57. The summed E-state index contributed by atoms with van der Waals surface area (Å²) < 4.78 is 0. The maximum absolute atomic E-state index is 5.61. The van der Waals surface area contributed by atoms with Crippen molar-refractivity contribution in [2.75, 3.05) is 5.32 Å². The van der Waals surface area contributed by atoms with Gasteiger partial charge in [0.15, 0.2) is 5.11 Å². The lowest BCUT2D eigenvalue weighted by atomic mass is 9.81. The molecule has 2 heterocycles. The van der Waals surface area contributed by atoms with Crippen LogP contribution in [-0.2, 0) is 0 Å². The molecule has 3 nitrogen and oxygen atoms in total. The van der Waals surface area contributed by atoms with Crippen LogP contribution in [0.25, 0.3) is 0 Å². The van der Waals surface area contributed by atoms with Crippen LogP contribution in [0.3, 0.4) is 0 Å². The number of hydrogen-bond acceptors (Lipinski definition) is 2. The van der Waals surface area contributed by atoms with E-state index in [0.717, 1.165) is 28.9 Å². The standard InChI is InChI=1S/C20H29N3S/c1-13-6-7-14(2)19(10-13)22-20(24)21-15-11-17-4-3-5-18(12-15)23(17)16-8-9-16/h6-7,10,15-18H,3-5,8-9,11-12H2,1-2H3,(H2,21,22,24)/t15?,17-,18+. The molecular formula is C20H29N3S. The van der Waals surface area contributed by atoms with Gasteiger partial charge in [-0.3, -0.25) is 4.90 Å². The van der Waals surface area contributed by atoms with E-state index in [-0.39, 0.29) is 0 Å². The van der Waals surface area contributed by atoms with Gasteiger partial charge in [0.05, 0.1) is 0 Å². The Hall–Kier alpha value is -1.13. The average molecular weight is 344 g/mol. The summed E-state index contributed by atoms with van der Waals surface area (Å²) in [5, 5.41) is 7.82. The van der Waals surface area contributed by atoms with Crippen molar-refractivity contribution in [2.24, 2.45) is 0 Å². The van der Waals surface area contributed by atoms with Crippen molar-refractivity contribution in [3.8, 4) is 0 Å². The van der Waals surface area contributed by atoms with Crippen molar-refractivity contribution >= 4 is 23.0 Å². The molecule has 0 radical (unpaired) electrons. The summed E-state index contributed by atoms with van der Waals surface area (Å²) in [6, 6.07) is 9.47. The molecule has 2 saturated heterocycles. The van der Waals surface area contributed by atoms with Gasteiger partial charge in [0.25, 0.3) is 0 Å². The Labute approximate surface area is 151 Å². The molecule has 2 bridgehead atoms. The largest absolute Gasteiger partial charge is 0.360 e. The number of thiocarbonyl (C=S) groups is 1. The van der Waals surface area contributed by atoms with Gasteiger partial charge in [-0.15, -0.1) is 0 Å². The maximum Gasteiger partial charge on any atom is 0.171 e. The first kappa shape index (κ1) is 16.3. The summed E-state index contributed by atoms with van der Waals surface area (Å²) in [4.78, 5) is 2.86. The summed E-state index contributed by atoms with van der Waals surface area (Å²) >= 11 is 5.61. The predicted molar refractivity (Wildman–Crippen MR) is 105 cm³/mol. The quantitative estimate of drug-likeness (QED) is 0.807. The van der Waals surface area contributed by atoms with E-state index in [1.165, 1.54) is 56.1 Å². The van der Waals surface area contributed by atoms with Crippen molar-refractivity contribution in [1.82, 2.24) is 10.2 Å². The van der Waals surface area contributed by atoms with Gasteiger partial charge >= 0.3 is 0 Å². The fourth-order valence-corrected chi connectivity index (χ4v) is 5.00. The maximum atomic E-state index is 5.61. The lowest BCUT2D eigenvalue weighted by Gasteiger charge is -2.49. The summed E-state index contributed by atoms with van der Waals surface area (Å²) in [5.41, 5.74) is 3.63. The molecule has 0 aromatic heterocycles. The molecular weight excluding hydrogens is 314 g/mol. The van der Waals surface area contributed by atoms with E-state index in [2.05, 4.69) is 47.6 Å². The molecule has 2 aliphatic heterocycles. The van der Waals surface area contributed by atoms with E-state index in [0.29, 0.717) is 6.04 Å². The van der Waals surface area contributed by atoms with Crippen LogP contribution in [0.4, 0.5) is 5.69 Å². The number of piperidine rings is 2. The number of fused-ring (bicyclic) bond motifs is 2. The zero-order valence-corrected chi connectivity index (χ0v) is 15.7. The molecule has 4 rings (SSSR count). The van der Waals surface area contributed by atoms with Gasteiger partial charge in [-0.25, -0.2) is 0 Å². The summed E-state index contributed by atoms with van der Waals surface area (Å²) in [6.45, 7) is 4.25. The second kappa shape index (κ2) is 6.64. The number of hydrogen-bond donors (Lipinski definition) is 2. The Balaban J connectivity index is 1.37. The van der Waals surface area contributed by atoms with Gasteiger partial charge in [0.2, 0.25) is 0 Å². The highest BCUT2D eigenvalue weighted by Crippen LogP contribution is 2.41. The number of nitrogens with one attached hydrogen (secondary N) is 2. The molecule has 1 aromatic carbocycles. The van der Waals surface area contributed by atoms with Crippen LogP contribution in [0.15, 0.2) is 18.2 Å². The van der Waals surface area contributed by atoms with Crippen LogP contribution in [0.5, 0.6) is 0 Å². The fourth-order valence-electron chi connectivity index (χ4n) is 4.72. The van der Waals surface area contributed by atoms with Gasteiger partial charge < -0.3 is 10.6 Å². The first-order valence-corrected chi connectivity index (χ1v) is 9.93. The van der Waals surface area contributed by atoms with Crippen molar-refractivity contribution in [2.45, 2.75) is 83.0 Å². The predicted octanol–water partition coefficient (Wildman–Crippen LogP) is 4.14. The number of nitrogens with zero attached hydrogens (tertiary/aromatic N) is 1. The smallest absolute Gasteiger partial charge is 0.171 e. The molecule has 0 spiro atoms. The van der Waals surface area contributed by atoms with Crippen molar-refractivity contribution in [1.29, 1.82) is 0 Å². The van der Waals surface area contributed by atoms with Crippen LogP contribution in [0.1, 0.15) is 56.1 Å². The highest BCUT2D eigenvalue weighted by Gasteiger charge is 2.44. The third-order valence-corrected chi connectivity index (χ3v) is 6.20. The number of rotatable bonds is 3. The first-order valence-electron chi connectivity index (χ1n) is 9.52. The van der Waals surface area contributed by atoms with Crippen LogP contribution in [0, 0.1) is 13.8 Å². The van der Waals surface area contributed by atoms with Gasteiger partial charge in [-0.1, -0.05) is 18.6 Å². The van der Waals surface area contributed by atoms with Gasteiger partial charge in [-0.2, -0.15) is 0 Å². The second-order valence-corrected chi connectivity index (χ2v) is 8.41. The van der Waals surface area contributed by atoms with E-state index in [4.69, 9.17) is 12.2 Å². The highest BCUT2D eigenvalue weighted by atomic mass is 32.1. The Kier molecular flexibility index (Phi) is 4.52. The Morgan fingerprint density at radius 1 is 1.04 bits per heavy atom. The topological polar surface area (TPSA) is 27.3 Å². The molecule has 2 N–H and O–H groups in total. The van der Waals surface area contributed by atoms with Crippen molar-refractivity contribution in [3.63, 3.8) is 0 Å². The third-order valence-electron chi connectivity index (χ3n) is 5.98. The lowest BCUT2D eigenvalue weighted by molar-refractivity contribution is 0.0209. The molecule has 4 heteroatoms. The highest BCUT2D eigenvalue weighted by molar-refractivity contribution is 7.80. The van der Waals surface area contributed by atoms with E-state index in [9.17, 15) is 0 Å². The Bertz CT molecular complexity index is 611. The van der Waals surface area contributed by atoms with Crippen LogP contribution in [0.2, 0.25) is 0 Å². The van der Waals surface area contributed by atoms with Crippen LogP contribution in [-0.4, -0.2) is 34.2 Å². The van der Waals surface area contributed by atoms with Crippen molar-refractivity contribution < 1.29 is 0 Å². The molecule has 1 saturated carbocycles. The van der Waals surface area contributed by atoms with E-state index in [1.54, 1.807) is 0 Å². The summed E-state index contributed by atoms with van der Waals surface area (Å²) in [7, 11) is 0. The fraction of sp³-hybridized carbons (Fsp3) is 0.650. The number of benzene rings is 1. The third kappa shape index (κ3) is 3.45. The second-order valence-electron chi connectivity index (χ2n) is 8.00. The van der Waals surface area contributed by atoms with Crippen LogP contribution < -0.4 is 10.6 Å². The molecule has 1 aromatic rings. The molecule has 3 aliphatic rings. The number of aryl methyl sites for hydroxylation is 2. The molecule has 1 aliphatic carbocycles. The molecule has 0 amide bonds.